The fraction of sp³-hybridized carbons (Fsp3) is 0.0435. The zero-order valence-electron chi connectivity index (χ0n) is 16.0. The van der Waals surface area contributed by atoms with Gasteiger partial charge in [-0.05, 0) is 48.5 Å². The molecule has 1 heterocycles. The number of halogens is 3. The molecule has 0 atom stereocenters. The summed E-state index contributed by atoms with van der Waals surface area (Å²) in [5.74, 6) is -0.632. The number of amides is 1. The van der Waals surface area contributed by atoms with Crippen LogP contribution in [0.3, 0.4) is 0 Å². The molecule has 0 aliphatic rings. The molecule has 0 aliphatic carbocycles. The van der Waals surface area contributed by atoms with E-state index in [1.54, 1.807) is 48.5 Å². The first-order chi connectivity index (χ1) is 14.9. The normalized spacial score (nSPS) is 10.8. The predicted molar refractivity (Wildman–Crippen MR) is 122 cm³/mol. The van der Waals surface area contributed by atoms with Crippen molar-refractivity contribution in [3.05, 3.63) is 92.6 Å². The van der Waals surface area contributed by atoms with Crippen molar-refractivity contribution in [3.8, 4) is 5.75 Å². The summed E-state index contributed by atoms with van der Waals surface area (Å²) in [7, 11) is 1.43. The fourth-order valence-electron chi connectivity index (χ4n) is 3.13. The number of benzene rings is 3. The molecule has 4 aromatic rings. The van der Waals surface area contributed by atoms with Crippen molar-refractivity contribution in [2.75, 3.05) is 12.4 Å². The van der Waals surface area contributed by atoms with Gasteiger partial charge in [0.05, 0.1) is 22.8 Å². The van der Waals surface area contributed by atoms with Crippen LogP contribution in [0.2, 0.25) is 15.1 Å². The topological polar surface area (TPSA) is 68.5 Å². The van der Waals surface area contributed by atoms with Crippen molar-refractivity contribution in [1.29, 1.82) is 0 Å². The number of methoxy groups -OCH3 is 1. The average Bonchev–Trinajstić information content (AvgIpc) is 3.12. The van der Waals surface area contributed by atoms with E-state index < -0.39 is 11.7 Å². The molecule has 3 aromatic carbocycles. The Morgan fingerprint density at radius 2 is 1.55 bits per heavy atom. The van der Waals surface area contributed by atoms with Crippen LogP contribution in [0.25, 0.3) is 11.0 Å². The molecular weight excluding hydrogens is 461 g/mol. The lowest BCUT2D eigenvalue weighted by atomic mass is 10.1. The lowest BCUT2D eigenvalue weighted by molar-refractivity contribution is 0.101. The molecule has 0 spiro atoms. The number of furan rings is 1. The molecule has 8 heteroatoms. The lowest BCUT2D eigenvalue weighted by Gasteiger charge is -2.10. The number of para-hydroxylation sites is 1. The second-order valence-electron chi connectivity index (χ2n) is 6.57. The Hall–Kier alpha value is -2.99. The van der Waals surface area contributed by atoms with Crippen molar-refractivity contribution >= 4 is 63.1 Å². The maximum absolute atomic E-state index is 13.1. The first kappa shape index (κ1) is 21.2. The molecule has 156 valence electrons. The van der Waals surface area contributed by atoms with E-state index >= 15 is 0 Å². The zero-order chi connectivity index (χ0) is 22.1. The van der Waals surface area contributed by atoms with Gasteiger partial charge in [0.15, 0.2) is 11.5 Å². The van der Waals surface area contributed by atoms with E-state index in [9.17, 15) is 9.59 Å². The van der Waals surface area contributed by atoms with Crippen molar-refractivity contribution in [1.82, 2.24) is 0 Å². The fourth-order valence-corrected chi connectivity index (χ4v) is 3.90. The van der Waals surface area contributed by atoms with Gasteiger partial charge in [0.25, 0.3) is 5.91 Å². The summed E-state index contributed by atoms with van der Waals surface area (Å²) in [6, 6.07) is 16.3. The number of anilines is 1. The number of rotatable bonds is 5. The first-order valence-electron chi connectivity index (χ1n) is 9.05. The van der Waals surface area contributed by atoms with Crippen LogP contribution in [0.1, 0.15) is 26.5 Å². The summed E-state index contributed by atoms with van der Waals surface area (Å²) in [4.78, 5) is 26.1. The highest BCUT2D eigenvalue weighted by atomic mass is 35.5. The second kappa shape index (κ2) is 8.63. The van der Waals surface area contributed by atoms with E-state index in [-0.39, 0.29) is 32.8 Å². The van der Waals surface area contributed by atoms with Crippen LogP contribution in [0, 0.1) is 0 Å². The van der Waals surface area contributed by atoms with Gasteiger partial charge in [-0.25, -0.2) is 0 Å². The van der Waals surface area contributed by atoms with Gasteiger partial charge < -0.3 is 14.5 Å². The van der Waals surface area contributed by atoms with Gasteiger partial charge in [-0.1, -0.05) is 46.9 Å². The van der Waals surface area contributed by atoms with Gasteiger partial charge in [0, 0.05) is 21.5 Å². The van der Waals surface area contributed by atoms with E-state index in [1.165, 1.54) is 19.2 Å². The van der Waals surface area contributed by atoms with Crippen LogP contribution < -0.4 is 10.1 Å². The standard InChI is InChI=1S/C23H14Cl3NO4/c1-30-21-16(25)10-13(11-17(21)26)23(29)27-19-15-4-2-3-5-18(15)31-22(19)20(28)12-6-8-14(24)9-7-12/h2-11H,1H3,(H,27,29). The molecule has 5 nitrogen and oxygen atoms in total. The molecule has 1 aromatic heterocycles. The summed E-state index contributed by atoms with van der Waals surface area (Å²) >= 11 is 18.2. The summed E-state index contributed by atoms with van der Waals surface area (Å²) in [5.41, 5.74) is 1.28. The van der Waals surface area contributed by atoms with Crippen molar-refractivity contribution < 1.29 is 18.7 Å². The number of ether oxygens (including phenoxy) is 1. The monoisotopic (exact) mass is 473 g/mol. The van der Waals surface area contributed by atoms with E-state index in [2.05, 4.69) is 5.32 Å². The van der Waals surface area contributed by atoms with Gasteiger partial charge in [-0.3, -0.25) is 9.59 Å². The molecule has 31 heavy (non-hydrogen) atoms. The molecule has 0 saturated carbocycles. The third kappa shape index (κ3) is 4.12. The molecule has 0 radical (unpaired) electrons. The number of carbonyl (C=O) groups excluding carboxylic acids is 2. The van der Waals surface area contributed by atoms with E-state index in [1.807, 2.05) is 0 Å². The van der Waals surface area contributed by atoms with Gasteiger partial charge in [-0.15, -0.1) is 0 Å². The van der Waals surface area contributed by atoms with Gasteiger partial charge in [0.2, 0.25) is 5.78 Å². The summed E-state index contributed by atoms with van der Waals surface area (Å²) < 4.78 is 10.9. The largest absolute Gasteiger partial charge is 0.494 e. The minimum atomic E-state index is -0.511. The summed E-state index contributed by atoms with van der Waals surface area (Å²) in [6.07, 6.45) is 0. The Kier molecular flexibility index (Phi) is 5.92. The number of hydrogen-bond donors (Lipinski definition) is 1. The van der Waals surface area contributed by atoms with E-state index in [0.29, 0.717) is 21.6 Å². The Morgan fingerprint density at radius 1 is 0.903 bits per heavy atom. The Morgan fingerprint density at radius 3 is 2.19 bits per heavy atom. The molecule has 1 amide bonds. The smallest absolute Gasteiger partial charge is 0.255 e. The molecule has 1 N–H and O–H groups in total. The maximum atomic E-state index is 13.1. The molecule has 0 fully saturated rings. The third-order valence-electron chi connectivity index (χ3n) is 4.61. The highest BCUT2D eigenvalue weighted by molar-refractivity contribution is 6.38. The number of ketones is 1. The Labute approximate surface area is 192 Å². The second-order valence-corrected chi connectivity index (χ2v) is 7.82. The lowest BCUT2D eigenvalue weighted by Crippen LogP contribution is -2.14. The maximum Gasteiger partial charge on any atom is 0.255 e. The van der Waals surface area contributed by atoms with Gasteiger partial charge in [-0.2, -0.15) is 0 Å². The van der Waals surface area contributed by atoms with E-state index in [0.717, 1.165) is 0 Å². The van der Waals surface area contributed by atoms with Crippen molar-refractivity contribution in [3.63, 3.8) is 0 Å². The predicted octanol–water partition coefficient (Wildman–Crippen LogP) is 6.88. The van der Waals surface area contributed by atoms with Crippen LogP contribution >= 0.6 is 34.8 Å². The number of fused-ring (bicyclic) bond motifs is 1. The molecular formula is C23H14Cl3NO4. The van der Waals surface area contributed by atoms with E-state index in [4.69, 9.17) is 44.0 Å². The molecule has 4 rings (SSSR count). The number of hydrogen-bond acceptors (Lipinski definition) is 4. The quantitative estimate of drug-likeness (QED) is 0.320. The van der Waals surface area contributed by atoms with Crippen molar-refractivity contribution in [2.24, 2.45) is 0 Å². The van der Waals surface area contributed by atoms with Crippen LogP contribution in [0.5, 0.6) is 5.75 Å². The SMILES string of the molecule is COc1c(Cl)cc(C(=O)Nc2c(C(=O)c3ccc(Cl)cc3)oc3ccccc23)cc1Cl. The molecule has 0 saturated heterocycles. The first-order valence-corrected chi connectivity index (χ1v) is 10.2. The highest BCUT2D eigenvalue weighted by Gasteiger charge is 2.24. The highest BCUT2D eigenvalue weighted by Crippen LogP contribution is 2.36. The third-order valence-corrected chi connectivity index (χ3v) is 5.42. The molecule has 0 bridgehead atoms. The van der Waals surface area contributed by atoms with Crippen LogP contribution in [-0.2, 0) is 0 Å². The number of nitrogens with one attached hydrogen (secondary N) is 1. The van der Waals surface area contributed by atoms with Crippen LogP contribution in [0.4, 0.5) is 5.69 Å². The van der Waals surface area contributed by atoms with Crippen molar-refractivity contribution in [2.45, 2.75) is 0 Å². The Balaban J connectivity index is 1.76. The van der Waals surface area contributed by atoms with Gasteiger partial charge in [0.1, 0.15) is 5.58 Å². The van der Waals surface area contributed by atoms with Gasteiger partial charge >= 0.3 is 0 Å². The minimum absolute atomic E-state index is 0.00239. The van der Waals surface area contributed by atoms with Crippen LogP contribution in [0.15, 0.2) is 65.1 Å². The van der Waals surface area contributed by atoms with Crippen LogP contribution in [-0.4, -0.2) is 18.8 Å². The summed E-state index contributed by atoms with van der Waals surface area (Å²) in [5, 5.41) is 4.23. The Bertz CT molecular complexity index is 1290. The molecule has 0 unspecified atom stereocenters. The minimum Gasteiger partial charge on any atom is -0.494 e. The number of carbonyl (C=O) groups is 2. The summed E-state index contributed by atoms with van der Waals surface area (Å²) in [6.45, 7) is 0. The zero-order valence-corrected chi connectivity index (χ0v) is 18.3. The average molecular weight is 475 g/mol. The molecule has 0 aliphatic heterocycles.